The van der Waals surface area contributed by atoms with E-state index in [1.54, 1.807) is 0 Å². The Bertz CT molecular complexity index is 334. The van der Waals surface area contributed by atoms with E-state index in [4.69, 9.17) is 9.84 Å². The molecule has 114 valence electrons. The molecular weight excluding hydrogens is 260 g/mol. The molecule has 6 nitrogen and oxygen atoms in total. The minimum absolute atomic E-state index is 0.169. The van der Waals surface area contributed by atoms with Gasteiger partial charge in [-0.15, -0.1) is 0 Å². The number of aliphatic carboxylic acids is 1. The molecule has 2 heterocycles. The van der Waals surface area contributed by atoms with Crippen molar-refractivity contribution >= 4 is 11.9 Å². The molecule has 2 aliphatic rings. The zero-order chi connectivity index (χ0) is 14.4. The van der Waals surface area contributed by atoms with Gasteiger partial charge in [0.25, 0.3) is 0 Å². The molecule has 0 aromatic carbocycles. The molecule has 2 saturated heterocycles. The molecule has 0 aromatic rings. The number of morpholine rings is 1. The number of piperidine rings is 1. The second-order valence-corrected chi connectivity index (χ2v) is 5.55. The second-order valence-electron chi connectivity index (χ2n) is 5.55. The van der Waals surface area contributed by atoms with Crippen LogP contribution in [0.1, 0.15) is 25.7 Å². The zero-order valence-electron chi connectivity index (χ0n) is 11.9. The fourth-order valence-electron chi connectivity index (χ4n) is 2.81. The number of carboxylic acid groups (broad SMARTS) is 1. The predicted octanol–water partition coefficient (Wildman–Crippen LogP) is 0.422. The van der Waals surface area contributed by atoms with Crippen LogP contribution in [0.4, 0.5) is 0 Å². The molecule has 0 saturated carbocycles. The minimum Gasteiger partial charge on any atom is -0.481 e. The lowest BCUT2D eigenvalue weighted by Gasteiger charge is -2.31. The van der Waals surface area contributed by atoms with Crippen LogP contribution in [0.2, 0.25) is 0 Å². The molecule has 0 atom stereocenters. The molecule has 2 fully saturated rings. The van der Waals surface area contributed by atoms with E-state index in [0.717, 1.165) is 39.3 Å². The van der Waals surface area contributed by atoms with Crippen molar-refractivity contribution in [1.29, 1.82) is 0 Å². The molecular formula is C14H24N2O4. The van der Waals surface area contributed by atoms with Crippen LogP contribution in [0.5, 0.6) is 0 Å². The number of likely N-dealkylation sites (tertiary alicyclic amines) is 1. The van der Waals surface area contributed by atoms with Crippen molar-refractivity contribution in [3.8, 4) is 0 Å². The van der Waals surface area contributed by atoms with Gasteiger partial charge in [0.15, 0.2) is 0 Å². The second kappa shape index (κ2) is 7.59. The van der Waals surface area contributed by atoms with Gasteiger partial charge in [-0.3, -0.25) is 14.5 Å². The number of ether oxygens (including phenoxy) is 1. The third kappa shape index (κ3) is 4.45. The fourth-order valence-corrected chi connectivity index (χ4v) is 2.81. The van der Waals surface area contributed by atoms with Gasteiger partial charge in [-0.1, -0.05) is 0 Å². The van der Waals surface area contributed by atoms with Gasteiger partial charge in [0.1, 0.15) is 0 Å². The summed E-state index contributed by atoms with van der Waals surface area (Å²) < 4.78 is 5.29. The monoisotopic (exact) mass is 284 g/mol. The minimum atomic E-state index is -0.732. The molecule has 2 aliphatic heterocycles. The number of carbonyl (C=O) groups excluding carboxylic acids is 1. The van der Waals surface area contributed by atoms with Crippen LogP contribution in [-0.4, -0.2) is 72.7 Å². The summed E-state index contributed by atoms with van der Waals surface area (Å²) in [5, 5.41) is 8.93. The quantitative estimate of drug-likeness (QED) is 0.792. The van der Waals surface area contributed by atoms with Crippen molar-refractivity contribution in [3.63, 3.8) is 0 Å². The first-order chi connectivity index (χ1) is 9.66. The molecule has 2 rings (SSSR count). The first-order valence-electron chi connectivity index (χ1n) is 7.47. The van der Waals surface area contributed by atoms with E-state index in [9.17, 15) is 9.59 Å². The van der Waals surface area contributed by atoms with E-state index in [0.29, 0.717) is 32.4 Å². The molecule has 0 bridgehead atoms. The number of nitrogens with zero attached hydrogens (tertiary/aromatic N) is 2. The molecule has 0 aromatic heterocycles. The van der Waals surface area contributed by atoms with Crippen LogP contribution in [0.25, 0.3) is 0 Å². The van der Waals surface area contributed by atoms with Gasteiger partial charge in [-0.2, -0.15) is 0 Å². The number of carboxylic acids is 1. The average Bonchev–Trinajstić information content (AvgIpc) is 2.48. The number of carbonyl (C=O) groups is 2. The Balaban J connectivity index is 1.61. The molecule has 0 unspecified atom stereocenters. The highest BCUT2D eigenvalue weighted by molar-refractivity contribution is 5.77. The first kappa shape index (κ1) is 15.3. The van der Waals surface area contributed by atoms with Crippen molar-refractivity contribution in [1.82, 2.24) is 9.80 Å². The highest BCUT2D eigenvalue weighted by Crippen LogP contribution is 2.18. The maximum atomic E-state index is 12.1. The fraction of sp³-hybridized carbons (Fsp3) is 0.857. The van der Waals surface area contributed by atoms with Crippen LogP contribution in [0.3, 0.4) is 0 Å². The summed E-state index contributed by atoms with van der Waals surface area (Å²) in [4.78, 5) is 27.1. The Morgan fingerprint density at radius 3 is 2.35 bits per heavy atom. The largest absolute Gasteiger partial charge is 0.481 e. The molecule has 0 spiro atoms. The summed E-state index contributed by atoms with van der Waals surface area (Å²) in [6.07, 6.45) is 2.61. The van der Waals surface area contributed by atoms with Crippen molar-refractivity contribution in [3.05, 3.63) is 0 Å². The van der Waals surface area contributed by atoms with Gasteiger partial charge < -0.3 is 14.7 Å². The highest BCUT2D eigenvalue weighted by atomic mass is 16.5. The van der Waals surface area contributed by atoms with Gasteiger partial charge in [-0.25, -0.2) is 0 Å². The number of hydrogen-bond acceptors (Lipinski definition) is 4. The van der Waals surface area contributed by atoms with Gasteiger partial charge in [0, 0.05) is 32.6 Å². The maximum absolute atomic E-state index is 12.1. The molecule has 20 heavy (non-hydrogen) atoms. The number of rotatable bonds is 5. The summed E-state index contributed by atoms with van der Waals surface area (Å²) in [7, 11) is 0. The van der Waals surface area contributed by atoms with E-state index in [-0.39, 0.29) is 11.8 Å². The number of amides is 1. The van der Waals surface area contributed by atoms with Crippen molar-refractivity contribution in [2.75, 3.05) is 45.9 Å². The lowest BCUT2D eigenvalue weighted by atomic mass is 9.97. The lowest BCUT2D eigenvalue weighted by Crippen LogP contribution is -2.41. The van der Waals surface area contributed by atoms with Crippen LogP contribution >= 0.6 is 0 Å². The van der Waals surface area contributed by atoms with Crippen molar-refractivity contribution in [2.45, 2.75) is 25.7 Å². The summed E-state index contributed by atoms with van der Waals surface area (Å²) in [5.41, 5.74) is 0. The summed E-state index contributed by atoms with van der Waals surface area (Å²) >= 11 is 0. The topological polar surface area (TPSA) is 70.1 Å². The predicted molar refractivity (Wildman–Crippen MR) is 73.4 cm³/mol. The van der Waals surface area contributed by atoms with Crippen LogP contribution in [0.15, 0.2) is 0 Å². The van der Waals surface area contributed by atoms with E-state index in [1.807, 2.05) is 4.90 Å². The average molecular weight is 284 g/mol. The van der Waals surface area contributed by atoms with Crippen molar-refractivity contribution in [2.24, 2.45) is 5.92 Å². The first-order valence-corrected chi connectivity index (χ1v) is 7.47. The maximum Gasteiger partial charge on any atom is 0.306 e. The van der Waals surface area contributed by atoms with Gasteiger partial charge >= 0.3 is 5.97 Å². The SMILES string of the molecule is O=C(O)C1CCN(C(=O)CCCN2CCOCC2)CC1. The van der Waals surface area contributed by atoms with E-state index >= 15 is 0 Å². The standard InChI is InChI=1S/C14H24N2O4/c17-13(2-1-5-15-8-10-20-11-9-15)16-6-3-12(4-7-16)14(18)19/h12H,1-11H2,(H,18,19). The van der Waals surface area contributed by atoms with E-state index in [1.165, 1.54) is 0 Å². The zero-order valence-corrected chi connectivity index (χ0v) is 11.9. The van der Waals surface area contributed by atoms with Crippen LogP contribution in [0, 0.1) is 5.92 Å². The van der Waals surface area contributed by atoms with E-state index < -0.39 is 5.97 Å². The Labute approximate surface area is 119 Å². The normalized spacial score (nSPS) is 21.9. The highest BCUT2D eigenvalue weighted by Gasteiger charge is 2.26. The van der Waals surface area contributed by atoms with Gasteiger partial charge in [0.2, 0.25) is 5.91 Å². The Morgan fingerprint density at radius 2 is 1.75 bits per heavy atom. The molecule has 1 N–H and O–H groups in total. The summed E-state index contributed by atoms with van der Waals surface area (Å²) in [5.74, 6) is -0.834. The lowest BCUT2D eigenvalue weighted by molar-refractivity contribution is -0.145. The summed E-state index contributed by atoms with van der Waals surface area (Å²) in [6.45, 7) is 5.62. The summed E-state index contributed by atoms with van der Waals surface area (Å²) in [6, 6.07) is 0. The molecule has 6 heteroatoms. The number of hydrogen-bond donors (Lipinski definition) is 1. The third-order valence-electron chi connectivity index (χ3n) is 4.17. The Hall–Kier alpha value is -1.14. The third-order valence-corrected chi connectivity index (χ3v) is 4.17. The van der Waals surface area contributed by atoms with Crippen LogP contribution < -0.4 is 0 Å². The Morgan fingerprint density at radius 1 is 1.10 bits per heavy atom. The van der Waals surface area contributed by atoms with Gasteiger partial charge in [-0.05, 0) is 25.8 Å². The van der Waals surface area contributed by atoms with E-state index in [2.05, 4.69) is 4.90 Å². The molecule has 0 aliphatic carbocycles. The molecule has 1 amide bonds. The van der Waals surface area contributed by atoms with Crippen molar-refractivity contribution < 1.29 is 19.4 Å². The Kier molecular flexibility index (Phi) is 5.79. The van der Waals surface area contributed by atoms with Gasteiger partial charge in [0.05, 0.1) is 19.1 Å². The molecule has 0 radical (unpaired) electrons. The van der Waals surface area contributed by atoms with Crippen LogP contribution in [-0.2, 0) is 14.3 Å². The smallest absolute Gasteiger partial charge is 0.306 e.